The molecule has 0 atom stereocenters. The van der Waals surface area contributed by atoms with Crippen LogP contribution < -0.4 is 10.1 Å². The topological polar surface area (TPSA) is 38.3 Å². The lowest BCUT2D eigenvalue weighted by atomic mass is 10.2. The summed E-state index contributed by atoms with van der Waals surface area (Å²) in [7, 11) is 0. The van der Waals surface area contributed by atoms with Gasteiger partial charge in [-0.15, -0.1) is 0 Å². The monoisotopic (exact) mass is 307 g/mol. The number of ether oxygens (including phenoxy) is 1. The van der Waals surface area contributed by atoms with Crippen LogP contribution in [-0.4, -0.2) is 19.1 Å². The van der Waals surface area contributed by atoms with Crippen molar-refractivity contribution in [1.82, 2.24) is 5.32 Å². The Balaban J connectivity index is 1.82. The molecule has 0 saturated carbocycles. The van der Waals surface area contributed by atoms with Gasteiger partial charge in [0.25, 0.3) is 5.91 Å². The Kier molecular flexibility index (Phi) is 5.17. The maximum Gasteiger partial charge on any atom is 0.254 e. The molecule has 0 unspecified atom stereocenters. The Morgan fingerprint density at radius 1 is 1.29 bits per heavy atom. The van der Waals surface area contributed by atoms with E-state index in [0.29, 0.717) is 17.4 Å². The van der Waals surface area contributed by atoms with Gasteiger partial charge in [-0.25, -0.2) is 4.39 Å². The average molecular weight is 308 g/mol. The summed E-state index contributed by atoms with van der Waals surface area (Å²) in [6.45, 7) is 2.47. The Morgan fingerprint density at radius 3 is 2.76 bits per heavy atom. The number of carbonyl (C=O) groups is 1. The van der Waals surface area contributed by atoms with Crippen molar-refractivity contribution < 1.29 is 13.9 Å². The van der Waals surface area contributed by atoms with Gasteiger partial charge in [0.2, 0.25) is 0 Å². The fourth-order valence-electron chi connectivity index (χ4n) is 1.84. The first kappa shape index (κ1) is 15.3. The third kappa shape index (κ3) is 4.20. The Morgan fingerprint density at radius 2 is 2.05 bits per heavy atom. The average Bonchev–Trinajstić information content (AvgIpc) is 2.45. The number of rotatable bonds is 5. The molecule has 0 aliphatic heterocycles. The number of hydrogen-bond acceptors (Lipinski definition) is 2. The van der Waals surface area contributed by atoms with Crippen molar-refractivity contribution in [3.05, 3.63) is 64.4 Å². The summed E-state index contributed by atoms with van der Waals surface area (Å²) in [5.41, 5.74) is 0.947. The van der Waals surface area contributed by atoms with Crippen molar-refractivity contribution >= 4 is 17.5 Å². The molecule has 110 valence electrons. The summed E-state index contributed by atoms with van der Waals surface area (Å²) in [6.07, 6.45) is 0. The van der Waals surface area contributed by atoms with Gasteiger partial charge in [0, 0.05) is 5.02 Å². The molecule has 0 fully saturated rings. The third-order valence-electron chi connectivity index (χ3n) is 2.90. The molecule has 0 aliphatic rings. The van der Waals surface area contributed by atoms with Crippen molar-refractivity contribution in [1.29, 1.82) is 0 Å². The molecule has 5 heteroatoms. The number of nitrogens with one attached hydrogen (secondary N) is 1. The second-order valence-corrected chi connectivity index (χ2v) is 4.93. The van der Waals surface area contributed by atoms with Crippen molar-refractivity contribution in [3.8, 4) is 5.75 Å². The zero-order chi connectivity index (χ0) is 15.2. The van der Waals surface area contributed by atoms with Crippen LogP contribution in [0.25, 0.3) is 0 Å². The molecular weight excluding hydrogens is 293 g/mol. The fourth-order valence-corrected chi connectivity index (χ4v) is 2.07. The number of amides is 1. The smallest absolute Gasteiger partial charge is 0.254 e. The summed E-state index contributed by atoms with van der Waals surface area (Å²) < 4.78 is 18.9. The number of carbonyl (C=O) groups excluding carboxylic acids is 1. The second-order valence-electron chi connectivity index (χ2n) is 4.49. The van der Waals surface area contributed by atoms with Gasteiger partial charge in [-0.1, -0.05) is 23.7 Å². The van der Waals surface area contributed by atoms with Crippen LogP contribution in [0.5, 0.6) is 5.75 Å². The van der Waals surface area contributed by atoms with Crippen LogP contribution in [0.4, 0.5) is 4.39 Å². The number of benzene rings is 2. The molecule has 1 N–H and O–H groups in total. The SMILES string of the molecule is Cc1cc(Cl)ccc1OCCNC(=O)c1ccccc1F. The van der Waals surface area contributed by atoms with Crippen LogP contribution in [0, 0.1) is 12.7 Å². The normalized spacial score (nSPS) is 10.2. The van der Waals surface area contributed by atoms with Crippen LogP contribution in [0.3, 0.4) is 0 Å². The van der Waals surface area contributed by atoms with E-state index in [9.17, 15) is 9.18 Å². The van der Waals surface area contributed by atoms with Crippen LogP contribution in [0.15, 0.2) is 42.5 Å². The Labute approximate surface area is 127 Å². The summed E-state index contributed by atoms with van der Waals surface area (Å²) >= 11 is 5.85. The van der Waals surface area contributed by atoms with E-state index in [2.05, 4.69) is 5.32 Å². The predicted molar refractivity (Wildman–Crippen MR) is 80.4 cm³/mol. The van der Waals surface area contributed by atoms with E-state index >= 15 is 0 Å². The van der Waals surface area contributed by atoms with Crippen molar-refractivity contribution in [3.63, 3.8) is 0 Å². The first-order valence-electron chi connectivity index (χ1n) is 6.49. The molecule has 0 radical (unpaired) electrons. The first-order chi connectivity index (χ1) is 10.1. The van der Waals surface area contributed by atoms with E-state index in [0.717, 1.165) is 5.56 Å². The molecule has 21 heavy (non-hydrogen) atoms. The zero-order valence-electron chi connectivity index (χ0n) is 11.5. The van der Waals surface area contributed by atoms with Crippen molar-refractivity contribution in [2.75, 3.05) is 13.2 Å². The standard InChI is InChI=1S/C16H15ClFNO2/c1-11-10-12(17)6-7-15(11)21-9-8-19-16(20)13-4-2-3-5-14(13)18/h2-7,10H,8-9H2,1H3,(H,19,20). The number of hydrogen-bond donors (Lipinski definition) is 1. The molecule has 3 nitrogen and oxygen atoms in total. The molecule has 2 aromatic carbocycles. The van der Waals surface area contributed by atoms with Gasteiger partial charge in [-0.05, 0) is 42.8 Å². The number of aryl methyl sites for hydroxylation is 1. The van der Waals surface area contributed by atoms with E-state index < -0.39 is 11.7 Å². The highest BCUT2D eigenvalue weighted by molar-refractivity contribution is 6.30. The molecule has 0 spiro atoms. The lowest BCUT2D eigenvalue weighted by Gasteiger charge is -2.10. The van der Waals surface area contributed by atoms with E-state index in [1.807, 2.05) is 6.92 Å². The lowest BCUT2D eigenvalue weighted by Crippen LogP contribution is -2.28. The summed E-state index contributed by atoms with van der Waals surface area (Å²) in [5, 5.41) is 3.26. The van der Waals surface area contributed by atoms with E-state index in [1.54, 1.807) is 30.3 Å². The minimum absolute atomic E-state index is 0.0279. The van der Waals surface area contributed by atoms with Crippen LogP contribution in [-0.2, 0) is 0 Å². The van der Waals surface area contributed by atoms with Gasteiger partial charge in [0.05, 0.1) is 12.1 Å². The maximum absolute atomic E-state index is 13.4. The largest absolute Gasteiger partial charge is 0.491 e. The highest BCUT2D eigenvalue weighted by atomic mass is 35.5. The van der Waals surface area contributed by atoms with Crippen LogP contribution in [0.2, 0.25) is 5.02 Å². The molecule has 0 saturated heterocycles. The molecule has 2 aromatic rings. The summed E-state index contributed by atoms with van der Waals surface area (Å²) in [4.78, 5) is 11.8. The van der Waals surface area contributed by atoms with Gasteiger partial charge >= 0.3 is 0 Å². The van der Waals surface area contributed by atoms with E-state index in [-0.39, 0.29) is 12.1 Å². The highest BCUT2D eigenvalue weighted by Gasteiger charge is 2.09. The summed E-state index contributed by atoms with van der Waals surface area (Å²) in [5.74, 6) is -0.284. The van der Waals surface area contributed by atoms with Crippen LogP contribution >= 0.6 is 11.6 Å². The molecule has 0 heterocycles. The van der Waals surface area contributed by atoms with Gasteiger partial charge in [-0.3, -0.25) is 4.79 Å². The summed E-state index contributed by atoms with van der Waals surface area (Å²) in [6, 6.07) is 11.2. The van der Waals surface area contributed by atoms with Crippen molar-refractivity contribution in [2.24, 2.45) is 0 Å². The quantitative estimate of drug-likeness (QED) is 0.857. The van der Waals surface area contributed by atoms with Crippen molar-refractivity contribution in [2.45, 2.75) is 6.92 Å². The Bertz CT molecular complexity index is 646. The fraction of sp³-hybridized carbons (Fsp3) is 0.188. The molecule has 0 aliphatic carbocycles. The zero-order valence-corrected chi connectivity index (χ0v) is 12.3. The molecular formula is C16H15ClFNO2. The molecule has 0 bridgehead atoms. The maximum atomic E-state index is 13.4. The van der Waals surface area contributed by atoms with Gasteiger partial charge in [0.15, 0.2) is 0 Å². The number of halogens is 2. The van der Waals surface area contributed by atoms with E-state index in [4.69, 9.17) is 16.3 Å². The highest BCUT2D eigenvalue weighted by Crippen LogP contribution is 2.21. The van der Waals surface area contributed by atoms with Gasteiger partial charge < -0.3 is 10.1 Å². The van der Waals surface area contributed by atoms with Gasteiger partial charge in [-0.2, -0.15) is 0 Å². The lowest BCUT2D eigenvalue weighted by molar-refractivity contribution is 0.0943. The first-order valence-corrected chi connectivity index (χ1v) is 6.87. The van der Waals surface area contributed by atoms with Crippen LogP contribution in [0.1, 0.15) is 15.9 Å². The minimum atomic E-state index is -0.538. The van der Waals surface area contributed by atoms with E-state index in [1.165, 1.54) is 12.1 Å². The van der Waals surface area contributed by atoms with Gasteiger partial charge in [0.1, 0.15) is 18.2 Å². The second kappa shape index (κ2) is 7.09. The Hall–Kier alpha value is -2.07. The predicted octanol–water partition coefficient (Wildman–Crippen LogP) is 3.60. The molecule has 1 amide bonds. The minimum Gasteiger partial charge on any atom is -0.491 e. The third-order valence-corrected chi connectivity index (χ3v) is 3.14. The molecule has 2 rings (SSSR count). The molecule has 0 aromatic heterocycles.